The molecule has 0 unspecified atom stereocenters. The van der Waals surface area contributed by atoms with E-state index in [1.165, 1.54) is 5.69 Å². The van der Waals surface area contributed by atoms with E-state index in [-0.39, 0.29) is 17.2 Å². The average Bonchev–Trinajstić information content (AvgIpc) is 2.91. The van der Waals surface area contributed by atoms with E-state index in [4.69, 9.17) is 11.6 Å². The maximum absolute atomic E-state index is 12.6. The molecule has 0 radical (unpaired) electrons. The topological polar surface area (TPSA) is 134 Å². The number of allylic oxidation sites excluding steroid dienone is 2. The molecule has 2 aromatic rings. The molecule has 0 bridgehead atoms. The van der Waals surface area contributed by atoms with Gasteiger partial charge >= 0.3 is 18.0 Å². The van der Waals surface area contributed by atoms with Gasteiger partial charge in [-0.1, -0.05) is 23.7 Å². The molecule has 2 heterocycles. The molecule has 4 rings (SSSR count). The van der Waals surface area contributed by atoms with Crippen LogP contribution in [0.25, 0.3) is 0 Å². The fourth-order valence-electron chi connectivity index (χ4n) is 5.25. The Morgan fingerprint density at radius 2 is 1.57 bits per heavy atom. The van der Waals surface area contributed by atoms with Gasteiger partial charge in [-0.15, -0.1) is 0 Å². The minimum Gasteiger partial charge on any atom is -0.478 e. The number of carboxylic acid groups (broad SMARTS) is 2. The van der Waals surface area contributed by atoms with Gasteiger partial charge < -0.3 is 31.1 Å². The molecule has 5 N–H and O–H groups in total. The molecular weight excluding hydrogens is 534 g/mol. The first kappa shape index (κ1) is 29.0. The largest absolute Gasteiger partial charge is 0.478 e. The number of amides is 2. The molecule has 212 valence electrons. The van der Waals surface area contributed by atoms with Gasteiger partial charge in [-0.2, -0.15) is 0 Å². The summed E-state index contributed by atoms with van der Waals surface area (Å²) in [5, 5.41) is 28.9. The Morgan fingerprint density at radius 1 is 0.950 bits per heavy atom. The van der Waals surface area contributed by atoms with Crippen molar-refractivity contribution in [3.05, 3.63) is 81.7 Å². The number of hydrogen-bond acceptors (Lipinski definition) is 6. The Labute approximate surface area is 238 Å². The van der Waals surface area contributed by atoms with Gasteiger partial charge in [-0.25, -0.2) is 14.4 Å². The van der Waals surface area contributed by atoms with Crippen LogP contribution >= 0.6 is 11.6 Å². The van der Waals surface area contributed by atoms with E-state index in [2.05, 4.69) is 25.8 Å². The van der Waals surface area contributed by atoms with E-state index in [0.717, 1.165) is 44.2 Å². The summed E-state index contributed by atoms with van der Waals surface area (Å²) in [5.41, 5.74) is 2.74. The highest BCUT2D eigenvalue weighted by Gasteiger charge is 2.36. The summed E-state index contributed by atoms with van der Waals surface area (Å²) in [5.74, 6) is -3.39. The number of carboxylic acids is 2. The number of carbonyl (C=O) groups is 3. The highest BCUT2D eigenvalue weighted by Crippen LogP contribution is 2.39. The monoisotopic (exact) mass is 567 g/mol. The molecule has 2 aliphatic heterocycles. The summed E-state index contributed by atoms with van der Waals surface area (Å²) in [6.45, 7) is 8.31. The maximum atomic E-state index is 12.6. The first-order valence-corrected chi connectivity index (χ1v) is 13.5. The smallest absolute Gasteiger partial charge is 0.334 e. The second-order valence-corrected chi connectivity index (χ2v) is 10.3. The summed E-state index contributed by atoms with van der Waals surface area (Å²) in [6, 6.07) is 14.1. The fourth-order valence-corrected chi connectivity index (χ4v) is 5.38. The van der Waals surface area contributed by atoms with E-state index < -0.39 is 17.9 Å². The van der Waals surface area contributed by atoms with Crippen LogP contribution in [0.5, 0.6) is 0 Å². The number of nitrogens with zero attached hydrogens (tertiary/aromatic N) is 2. The molecular formula is C29H34ClN5O5. The summed E-state index contributed by atoms with van der Waals surface area (Å²) in [6.07, 6.45) is 0.793. The van der Waals surface area contributed by atoms with Crippen LogP contribution in [-0.4, -0.2) is 72.4 Å². The molecule has 1 fully saturated rings. The van der Waals surface area contributed by atoms with E-state index in [1.807, 2.05) is 24.3 Å². The van der Waals surface area contributed by atoms with Crippen LogP contribution in [0.3, 0.4) is 0 Å². The SMILES string of the molecule is CC1=C(C(=O)O)C(c2cccc(NC(=O)NCCCN3CCN(c4ccc(Cl)cc4)CC3)c2)C(C(=O)O)=C(C)N1. The van der Waals surface area contributed by atoms with Gasteiger partial charge in [0.05, 0.1) is 17.1 Å². The quantitative estimate of drug-likeness (QED) is 0.286. The summed E-state index contributed by atoms with van der Waals surface area (Å²) in [4.78, 5) is 41.3. The van der Waals surface area contributed by atoms with Gasteiger partial charge in [-0.05, 0) is 68.8 Å². The maximum Gasteiger partial charge on any atom is 0.334 e. The van der Waals surface area contributed by atoms with Gasteiger partial charge in [0.2, 0.25) is 0 Å². The number of dihydropyridines is 1. The number of urea groups is 1. The minimum atomic E-state index is -1.20. The van der Waals surface area contributed by atoms with Gasteiger partial charge in [0, 0.05) is 60.5 Å². The van der Waals surface area contributed by atoms with Crippen molar-refractivity contribution >= 4 is 40.9 Å². The Balaban J connectivity index is 1.28. The van der Waals surface area contributed by atoms with Crippen LogP contribution in [0.1, 0.15) is 31.7 Å². The lowest BCUT2D eigenvalue weighted by molar-refractivity contribution is -0.133. The van der Waals surface area contributed by atoms with Crippen molar-refractivity contribution in [2.24, 2.45) is 0 Å². The van der Waals surface area contributed by atoms with Crippen LogP contribution < -0.4 is 20.9 Å². The predicted octanol–water partition coefficient (Wildman–Crippen LogP) is 4.08. The fraction of sp³-hybridized carbons (Fsp3) is 0.345. The summed E-state index contributed by atoms with van der Waals surface area (Å²) < 4.78 is 0. The highest BCUT2D eigenvalue weighted by atomic mass is 35.5. The molecule has 10 nitrogen and oxygen atoms in total. The molecule has 2 aliphatic rings. The number of hydrogen-bond donors (Lipinski definition) is 5. The zero-order valence-corrected chi connectivity index (χ0v) is 23.3. The Kier molecular flexibility index (Phi) is 9.34. The third-order valence-electron chi connectivity index (χ3n) is 7.20. The third-order valence-corrected chi connectivity index (χ3v) is 7.45. The lowest BCUT2D eigenvalue weighted by Crippen LogP contribution is -2.47. The third kappa shape index (κ3) is 6.94. The number of benzene rings is 2. The van der Waals surface area contributed by atoms with Crippen molar-refractivity contribution in [2.75, 3.05) is 49.5 Å². The first-order valence-electron chi connectivity index (χ1n) is 13.2. The van der Waals surface area contributed by atoms with Crippen LogP contribution in [0.15, 0.2) is 71.1 Å². The molecule has 11 heteroatoms. The van der Waals surface area contributed by atoms with Crippen LogP contribution in [-0.2, 0) is 9.59 Å². The second kappa shape index (κ2) is 12.9. The van der Waals surface area contributed by atoms with E-state index in [0.29, 0.717) is 29.2 Å². The number of aliphatic carboxylic acids is 2. The number of anilines is 2. The van der Waals surface area contributed by atoms with Crippen molar-refractivity contribution in [1.82, 2.24) is 15.5 Å². The Morgan fingerprint density at radius 3 is 2.17 bits per heavy atom. The van der Waals surface area contributed by atoms with Crippen LogP contribution in [0.4, 0.5) is 16.2 Å². The van der Waals surface area contributed by atoms with Gasteiger partial charge in [0.15, 0.2) is 0 Å². The van der Waals surface area contributed by atoms with Gasteiger partial charge in [0.25, 0.3) is 0 Å². The van der Waals surface area contributed by atoms with Gasteiger partial charge in [-0.3, -0.25) is 4.90 Å². The molecule has 0 saturated carbocycles. The molecule has 1 saturated heterocycles. The molecule has 2 aromatic carbocycles. The van der Waals surface area contributed by atoms with E-state index >= 15 is 0 Å². The van der Waals surface area contributed by atoms with Crippen molar-refractivity contribution in [1.29, 1.82) is 0 Å². The lowest BCUT2D eigenvalue weighted by atomic mass is 9.80. The van der Waals surface area contributed by atoms with Crippen LogP contribution in [0.2, 0.25) is 5.02 Å². The van der Waals surface area contributed by atoms with Crippen molar-refractivity contribution in [2.45, 2.75) is 26.2 Å². The standard InChI is InChI=1S/C29H34ClN5O5/c1-18-24(27(36)37)26(25(28(38)39)19(2)32-18)20-5-3-6-22(17-20)33-29(40)31-11-4-12-34-13-15-35(16-14-34)23-9-7-21(30)8-10-23/h3,5-10,17,26,32H,4,11-16H2,1-2H3,(H,36,37)(H,38,39)(H2,31,33,40). The average molecular weight is 568 g/mol. The molecule has 0 aromatic heterocycles. The van der Waals surface area contributed by atoms with E-state index in [1.54, 1.807) is 38.1 Å². The molecule has 40 heavy (non-hydrogen) atoms. The van der Waals surface area contributed by atoms with Gasteiger partial charge in [0.1, 0.15) is 0 Å². The number of rotatable bonds is 9. The second-order valence-electron chi connectivity index (χ2n) is 9.91. The molecule has 0 atom stereocenters. The Hall–Kier alpha value is -4.02. The normalized spacial score (nSPS) is 16.5. The van der Waals surface area contributed by atoms with E-state index in [9.17, 15) is 24.6 Å². The first-order chi connectivity index (χ1) is 19.1. The van der Waals surface area contributed by atoms with Crippen LogP contribution in [0, 0.1) is 0 Å². The molecule has 2 amide bonds. The number of carbonyl (C=O) groups excluding carboxylic acids is 1. The summed E-state index contributed by atoms with van der Waals surface area (Å²) >= 11 is 5.99. The minimum absolute atomic E-state index is 0.0430. The lowest BCUT2D eigenvalue weighted by Gasteiger charge is -2.36. The van der Waals surface area contributed by atoms with Crippen molar-refractivity contribution in [3.8, 4) is 0 Å². The molecule has 0 spiro atoms. The zero-order valence-electron chi connectivity index (χ0n) is 22.5. The number of halogens is 1. The number of nitrogens with one attached hydrogen (secondary N) is 3. The predicted molar refractivity (Wildman–Crippen MR) is 155 cm³/mol. The zero-order chi connectivity index (χ0) is 28.8. The summed E-state index contributed by atoms with van der Waals surface area (Å²) in [7, 11) is 0. The molecule has 0 aliphatic carbocycles. The van der Waals surface area contributed by atoms with Crippen molar-refractivity contribution < 1.29 is 24.6 Å². The van der Waals surface area contributed by atoms with Crippen molar-refractivity contribution in [3.63, 3.8) is 0 Å². The Bertz CT molecular complexity index is 1300. The number of piperazine rings is 1. The highest BCUT2D eigenvalue weighted by molar-refractivity contribution is 6.30.